The Bertz CT molecular complexity index is 417. The largest absolute Gasteiger partial charge is 0.294 e. The van der Waals surface area contributed by atoms with Gasteiger partial charge in [-0.05, 0) is 62.2 Å². The fraction of sp³-hybridized carbons (Fsp3) is 1.00. The summed E-state index contributed by atoms with van der Waals surface area (Å²) < 4.78 is 0. The molecule has 0 radical (unpaired) electrons. The summed E-state index contributed by atoms with van der Waals surface area (Å²) in [6.45, 7) is 0. The quantitative estimate of drug-likeness (QED) is 0.549. The Labute approximate surface area is 156 Å². The number of hydrogen-bond acceptors (Lipinski definition) is 1. The molecule has 0 aromatic rings. The predicted molar refractivity (Wildman–Crippen MR) is 106 cm³/mol. The molecular weight excluding hydrogens is 302 g/mol. The van der Waals surface area contributed by atoms with Gasteiger partial charge in [-0.2, -0.15) is 0 Å². The van der Waals surface area contributed by atoms with Gasteiger partial charge in [0.1, 0.15) is 0 Å². The van der Waals surface area contributed by atoms with Crippen molar-refractivity contribution in [3.63, 3.8) is 0 Å². The first kappa shape index (κ1) is 17.1. The number of nitrogens with zero attached hydrogens (tertiary/aromatic N) is 1. The maximum atomic E-state index is 3.21. The molecule has 4 saturated carbocycles. The smallest absolute Gasteiger partial charge is 0.0133 e. The molecule has 1 heterocycles. The van der Waals surface area contributed by atoms with Gasteiger partial charge >= 0.3 is 0 Å². The topological polar surface area (TPSA) is 3.24 Å². The van der Waals surface area contributed by atoms with Crippen molar-refractivity contribution in [3.05, 3.63) is 0 Å². The third-order valence-electron chi connectivity index (χ3n) is 9.30. The van der Waals surface area contributed by atoms with Gasteiger partial charge in [0.05, 0.1) is 0 Å². The summed E-state index contributed by atoms with van der Waals surface area (Å²) >= 11 is 0. The highest BCUT2D eigenvalue weighted by Crippen LogP contribution is 2.52. The zero-order valence-electron chi connectivity index (χ0n) is 16.5. The van der Waals surface area contributed by atoms with Gasteiger partial charge in [0.2, 0.25) is 0 Å². The molecule has 1 nitrogen and oxygen atoms in total. The molecule has 0 spiro atoms. The molecule has 5 aliphatic rings. The second-order valence-corrected chi connectivity index (χ2v) is 10.5. The van der Waals surface area contributed by atoms with Crippen LogP contribution in [0.4, 0.5) is 0 Å². The molecule has 1 heteroatoms. The minimum absolute atomic E-state index is 0.972. The Morgan fingerprint density at radius 2 is 1.00 bits per heavy atom. The van der Waals surface area contributed by atoms with E-state index in [1.165, 1.54) is 57.8 Å². The summed E-state index contributed by atoms with van der Waals surface area (Å²) in [5, 5.41) is 0. The lowest BCUT2D eigenvalue weighted by atomic mass is 9.71. The molecule has 6 unspecified atom stereocenters. The number of rotatable bonds is 2. The van der Waals surface area contributed by atoms with Crippen LogP contribution in [-0.4, -0.2) is 23.0 Å². The molecule has 5 rings (SSSR count). The molecule has 1 saturated heterocycles. The fourth-order valence-electron chi connectivity index (χ4n) is 8.31. The van der Waals surface area contributed by atoms with Gasteiger partial charge in [0.25, 0.3) is 0 Å². The van der Waals surface area contributed by atoms with Gasteiger partial charge in [-0.15, -0.1) is 0 Å². The van der Waals surface area contributed by atoms with Crippen molar-refractivity contribution >= 4 is 0 Å². The van der Waals surface area contributed by atoms with Crippen LogP contribution in [0.2, 0.25) is 0 Å². The highest BCUT2D eigenvalue weighted by molar-refractivity contribution is 5.05. The van der Waals surface area contributed by atoms with E-state index in [0.29, 0.717) is 0 Å². The van der Waals surface area contributed by atoms with Crippen molar-refractivity contribution in [2.75, 3.05) is 0 Å². The van der Waals surface area contributed by atoms with Crippen molar-refractivity contribution in [1.29, 1.82) is 0 Å². The Morgan fingerprint density at radius 1 is 0.440 bits per heavy atom. The Morgan fingerprint density at radius 3 is 1.68 bits per heavy atom. The molecule has 0 aromatic carbocycles. The van der Waals surface area contributed by atoms with Crippen molar-refractivity contribution in [2.24, 2.45) is 23.7 Å². The third kappa shape index (κ3) is 3.21. The molecule has 4 aliphatic carbocycles. The molecule has 0 aromatic heterocycles. The van der Waals surface area contributed by atoms with E-state index in [1.807, 2.05) is 0 Å². The Balaban J connectivity index is 1.33. The van der Waals surface area contributed by atoms with E-state index >= 15 is 0 Å². The highest BCUT2D eigenvalue weighted by atomic mass is 15.3. The molecule has 0 amide bonds. The maximum absolute atomic E-state index is 3.21. The lowest BCUT2D eigenvalue weighted by Gasteiger charge is -2.45. The third-order valence-corrected chi connectivity index (χ3v) is 9.30. The molecule has 25 heavy (non-hydrogen) atoms. The normalized spacial score (nSPS) is 46.6. The highest BCUT2D eigenvalue weighted by Gasteiger charge is 2.52. The lowest BCUT2D eigenvalue weighted by molar-refractivity contribution is 0.0368. The van der Waals surface area contributed by atoms with E-state index in [0.717, 1.165) is 41.8 Å². The van der Waals surface area contributed by atoms with Crippen molar-refractivity contribution in [1.82, 2.24) is 4.90 Å². The Hall–Kier alpha value is -0.0400. The molecular formula is C24H41N. The van der Waals surface area contributed by atoms with Gasteiger partial charge in [-0.3, -0.25) is 4.90 Å². The van der Waals surface area contributed by atoms with Gasteiger partial charge in [0, 0.05) is 18.1 Å². The summed E-state index contributed by atoms with van der Waals surface area (Å²) in [4.78, 5) is 3.21. The van der Waals surface area contributed by atoms with Gasteiger partial charge in [0.15, 0.2) is 0 Å². The Kier molecular flexibility index (Phi) is 5.15. The molecule has 0 N–H and O–H groups in total. The molecule has 142 valence electrons. The summed E-state index contributed by atoms with van der Waals surface area (Å²) in [6.07, 6.45) is 26.3. The van der Waals surface area contributed by atoms with Crippen LogP contribution >= 0.6 is 0 Å². The van der Waals surface area contributed by atoms with E-state index in [9.17, 15) is 0 Å². The number of likely N-dealkylation sites (tertiary alicyclic amines) is 1. The van der Waals surface area contributed by atoms with Crippen molar-refractivity contribution in [2.45, 2.75) is 127 Å². The van der Waals surface area contributed by atoms with Crippen molar-refractivity contribution in [3.8, 4) is 0 Å². The van der Waals surface area contributed by atoms with Gasteiger partial charge < -0.3 is 0 Å². The first-order valence-electron chi connectivity index (χ1n) is 12.2. The average Bonchev–Trinajstić information content (AvgIpc) is 3.03. The van der Waals surface area contributed by atoms with Crippen molar-refractivity contribution < 1.29 is 0 Å². The molecule has 5 fully saturated rings. The number of hydrogen-bond donors (Lipinski definition) is 0. The zero-order valence-corrected chi connectivity index (χ0v) is 16.5. The number of fused-ring (bicyclic) bond motifs is 3. The lowest BCUT2D eigenvalue weighted by Crippen LogP contribution is -2.49. The summed E-state index contributed by atoms with van der Waals surface area (Å²) in [7, 11) is 0. The van der Waals surface area contributed by atoms with Gasteiger partial charge in [-0.1, -0.05) is 70.6 Å². The standard InChI is InChI=1S/C24H41N/c1-2-9-18(10-3-1)19-11-8-12-20(17-19)25-23-15-6-4-13-21(23)22-14-5-7-16-24(22)25/h18-24H,1-17H2. The van der Waals surface area contributed by atoms with Crippen LogP contribution in [0.5, 0.6) is 0 Å². The molecule has 6 atom stereocenters. The van der Waals surface area contributed by atoms with Crippen LogP contribution in [0.3, 0.4) is 0 Å². The van der Waals surface area contributed by atoms with E-state index in [-0.39, 0.29) is 0 Å². The minimum Gasteiger partial charge on any atom is -0.294 e. The average molecular weight is 344 g/mol. The second kappa shape index (κ2) is 7.53. The summed E-state index contributed by atoms with van der Waals surface area (Å²) in [5.74, 6) is 4.37. The predicted octanol–water partition coefficient (Wildman–Crippen LogP) is 6.56. The van der Waals surface area contributed by atoms with Crippen LogP contribution < -0.4 is 0 Å². The first-order chi connectivity index (χ1) is 12.4. The molecule has 1 aliphatic heterocycles. The van der Waals surface area contributed by atoms with E-state index in [4.69, 9.17) is 0 Å². The molecule has 0 bridgehead atoms. The van der Waals surface area contributed by atoms with Crippen LogP contribution in [0.15, 0.2) is 0 Å². The fourth-order valence-corrected chi connectivity index (χ4v) is 8.31. The summed E-state index contributed by atoms with van der Waals surface area (Å²) in [6, 6.07) is 2.97. The van der Waals surface area contributed by atoms with Gasteiger partial charge in [-0.25, -0.2) is 0 Å². The monoisotopic (exact) mass is 343 g/mol. The van der Waals surface area contributed by atoms with E-state index in [2.05, 4.69) is 4.90 Å². The first-order valence-corrected chi connectivity index (χ1v) is 12.2. The van der Waals surface area contributed by atoms with Crippen LogP contribution in [0, 0.1) is 23.7 Å². The van der Waals surface area contributed by atoms with Crippen LogP contribution in [0.1, 0.15) is 109 Å². The van der Waals surface area contributed by atoms with Crippen LogP contribution in [-0.2, 0) is 0 Å². The summed E-state index contributed by atoms with van der Waals surface area (Å²) in [5.41, 5.74) is 0. The van der Waals surface area contributed by atoms with E-state index in [1.54, 1.807) is 51.4 Å². The van der Waals surface area contributed by atoms with Crippen LogP contribution in [0.25, 0.3) is 0 Å². The zero-order chi connectivity index (χ0) is 16.6. The maximum Gasteiger partial charge on any atom is 0.0133 e. The SMILES string of the molecule is C1CCC(C2CCCC(N3C4CCCCC4C4CCCCC43)C2)CC1. The minimum atomic E-state index is 0.972. The van der Waals surface area contributed by atoms with E-state index < -0.39 is 0 Å². The second-order valence-electron chi connectivity index (χ2n) is 10.5.